The van der Waals surface area contributed by atoms with Gasteiger partial charge in [-0.2, -0.15) is 0 Å². The van der Waals surface area contributed by atoms with Gasteiger partial charge in [-0.1, -0.05) is 11.3 Å². The maximum absolute atomic E-state index is 12.2. The number of hydrogen-bond acceptors (Lipinski definition) is 5. The van der Waals surface area contributed by atoms with Crippen LogP contribution in [0.2, 0.25) is 0 Å². The molecule has 0 fully saturated rings. The second-order valence-corrected chi connectivity index (χ2v) is 5.46. The summed E-state index contributed by atoms with van der Waals surface area (Å²) in [5, 5.41) is 5.24. The number of thiazole rings is 1. The maximum Gasteiger partial charge on any atom is 0.278 e. The number of carbonyl (C=O) groups excluding carboxylic acids is 1. The van der Waals surface area contributed by atoms with Crippen molar-refractivity contribution in [2.24, 2.45) is 0 Å². The summed E-state index contributed by atoms with van der Waals surface area (Å²) in [6.45, 7) is 0. The standard InChI is InChI=1S/C17H14N2O3S/c1-21-14-8-4-13(5-9-14)19-16(20)12-2-6-15(7-3-12)22-17-18-10-11-23-17/h2-11H,1H3,(H,19,20). The average Bonchev–Trinajstić information content (AvgIpc) is 3.09. The fourth-order valence-electron chi connectivity index (χ4n) is 1.91. The zero-order valence-corrected chi connectivity index (χ0v) is 13.2. The molecule has 1 N–H and O–H groups in total. The highest BCUT2D eigenvalue weighted by Gasteiger charge is 2.07. The van der Waals surface area contributed by atoms with Crippen LogP contribution in [-0.4, -0.2) is 18.0 Å². The van der Waals surface area contributed by atoms with Crippen molar-refractivity contribution in [1.29, 1.82) is 0 Å². The van der Waals surface area contributed by atoms with Crippen molar-refractivity contribution in [3.8, 4) is 16.7 Å². The normalized spacial score (nSPS) is 10.1. The Bertz CT molecular complexity index is 769. The van der Waals surface area contributed by atoms with Gasteiger partial charge in [0.05, 0.1) is 7.11 Å². The first-order valence-electron chi connectivity index (χ1n) is 6.87. The highest BCUT2D eigenvalue weighted by molar-refractivity contribution is 7.11. The maximum atomic E-state index is 12.2. The molecule has 0 bridgehead atoms. The van der Waals surface area contributed by atoms with Crippen LogP contribution in [-0.2, 0) is 0 Å². The summed E-state index contributed by atoms with van der Waals surface area (Å²) in [4.78, 5) is 16.2. The lowest BCUT2D eigenvalue weighted by Gasteiger charge is -2.07. The van der Waals surface area contributed by atoms with Gasteiger partial charge in [0.1, 0.15) is 11.5 Å². The third-order valence-corrected chi connectivity index (χ3v) is 3.73. The molecule has 0 radical (unpaired) electrons. The number of methoxy groups -OCH3 is 1. The molecule has 0 atom stereocenters. The molecule has 0 aliphatic heterocycles. The van der Waals surface area contributed by atoms with Crippen LogP contribution in [0.4, 0.5) is 5.69 Å². The number of hydrogen-bond donors (Lipinski definition) is 1. The summed E-state index contributed by atoms with van der Waals surface area (Å²) in [6, 6.07) is 14.1. The lowest BCUT2D eigenvalue weighted by atomic mass is 10.2. The van der Waals surface area contributed by atoms with Gasteiger partial charge in [0.25, 0.3) is 11.1 Å². The van der Waals surface area contributed by atoms with Crippen molar-refractivity contribution in [2.45, 2.75) is 0 Å². The van der Waals surface area contributed by atoms with Crippen molar-refractivity contribution in [3.63, 3.8) is 0 Å². The average molecular weight is 326 g/mol. The quantitative estimate of drug-likeness (QED) is 0.763. The highest BCUT2D eigenvalue weighted by Crippen LogP contribution is 2.23. The summed E-state index contributed by atoms with van der Waals surface area (Å²) in [7, 11) is 1.60. The third-order valence-electron chi connectivity index (χ3n) is 3.08. The Labute approximate surface area is 137 Å². The van der Waals surface area contributed by atoms with Crippen molar-refractivity contribution in [3.05, 3.63) is 65.7 Å². The van der Waals surface area contributed by atoms with Crippen LogP contribution < -0.4 is 14.8 Å². The Morgan fingerprint density at radius 2 is 1.74 bits per heavy atom. The van der Waals surface area contributed by atoms with E-state index in [1.807, 2.05) is 5.38 Å². The predicted molar refractivity (Wildman–Crippen MR) is 89.6 cm³/mol. The van der Waals surface area contributed by atoms with Crippen LogP contribution in [0.3, 0.4) is 0 Å². The van der Waals surface area contributed by atoms with Crippen LogP contribution in [0.1, 0.15) is 10.4 Å². The van der Waals surface area contributed by atoms with Gasteiger partial charge in [-0.15, -0.1) is 0 Å². The van der Waals surface area contributed by atoms with Crippen molar-refractivity contribution < 1.29 is 14.3 Å². The van der Waals surface area contributed by atoms with E-state index in [1.54, 1.807) is 61.8 Å². The van der Waals surface area contributed by atoms with E-state index in [4.69, 9.17) is 9.47 Å². The monoisotopic (exact) mass is 326 g/mol. The second kappa shape index (κ2) is 6.93. The number of amides is 1. The molecule has 1 amide bonds. The molecule has 2 aromatic carbocycles. The molecule has 5 nitrogen and oxygen atoms in total. The number of nitrogens with zero attached hydrogens (tertiary/aromatic N) is 1. The molecule has 3 aromatic rings. The van der Waals surface area contributed by atoms with Gasteiger partial charge in [-0.05, 0) is 48.5 Å². The Balaban J connectivity index is 1.64. The Hall–Kier alpha value is -2.86. The number of nitrogens with one attached hydrogen (secondary N) is 1. The lowest BCUT2D eigenvalue weighted by Crippen LogP contribution is -2.11. The SMILES string of the molecule is COc1ccc(NC(=O)c2ccc(Oc3nccs3)cc2)cc1. The number of rotatable bonds is 5. The molecule has 1 aromatic heterocycles. The Morgan fingerprint density at radius 1 is 1.04 bits per heavy atom. The molecule has 0 aliphatic carbocycles. The van der Waals surface area contributed by atoms with Gasteiger partial charge in [0.2, 0.25) is 0 Å². The van der Waals surface area contributed by atoms with Gasteiger partial charge in [-0.3, -0.25) is 4.79 Å². The lowest BCUT2D eigenvalue weighted by molar-refractivity contribution is 0.102. The molecule has 0 unspecified atom stereocenters. The van der Waals surface area contributed by atoms with Crippen LogP contribution in [0.15, 0.2) is 60.1 Å². The fourth-order valence-corrected chi connectivity index (χ4v) is 2.42. The highest BCUT2D eigenvalue weighted by atomic mass is 32.1. The minimum Gasteiger partial charge on any atom is -0.497 e. The molecular formula is C17H14N2O3S. The molecular weight excluding hydrogens is 312 g/mol. The first-order chi connectivity index (χ1) is 11.2. The second-order valence-electron chi connectivity index (χ2n) is 4.61. The number of ether oxygens (including phenoxy) is 2. The summed E-state index contributed by atoms with van der Waals surface area (Å²) in [5.74, 6) is 1.20. The van der Waals surface area contributed by atoms with E-state index in [1.165, 1.54) is 11.3 Å². The Morgan fingerprint density at radius 3 is 2.35 bits per heavy atom. The minimum atomic E-state index is -0.184. The number of anilines is 1. The largest absolute Gasteiger partial charge is 0.497 e. The summed E-state index contributed by atoms with van der Waals surface area (Å²) >= 11 is 1.41. The van der Waals surface area contributed by atoms with Crippen molar-refractivity contribution in [1.82, 2.24) is 4.98 Å². The van der Waals surface area contributed by atoms with E-state index in [0.717, 1.165) is 5.75 Å². The molecule has 23 heavy (non-hydrogen) atoms. The minimum absolute atomic E-state index is 0.184. The van der Waals surface area contributed by atoms with E-state index in [2.05, 4.69) is 10.3 Å². The zero-order chi connectivity index (χ0) is 16.1. The topological polar surface area (TPSA) is 60.5 Å². The molecule has 116 valence electrons. The van der Waals surface area contributed by atoms with E-state index < -0.39 is 0 Å². The number of benzene rings is 2. The Kier molecular flexibility index (Phi) is 4.54. The molecule has 0 saturated heterocycles. The van der Waals surface area contributed by atoms with Crippen LogP contribution in [0.5, 0.6) is 16.7 Å². The van der Waals surface area contributed by atoms with Crippen molar-refractivity contribution in [2.75, 3.05) is 12.4 Å². The fraction of sp³-hybridized carbons (Fsp3) is 0.0588. The third kappa shape index (κ3) is 3.87. The predicted octanol–water partition coefficient (Wildman–Crippen LogP) is 4.20. The summed E-state index contributed by atoms with van der Waals surface area (Å²) in [5.41, 5.74) is 1.26. The van der Waals surface area contributed by atoms with E-state index >= 15 is 0 Å². The van der Waals surface area contributed by atoms with Gasteiger partial charge in [0, 0.05) is 22.8 Å². The molecule has 0 saturated carbocycles. The van der Waals surface area contributed by atoms with E-state index in [9.17, 15) is 4.79 Å². The van der Waals surface area contributed by atoms with Gasteiger partial charge in [0.15, 0.2) is 0 Å². The number of carbonyl (C=O) groups is 1. The summed E-state index contributed by atoms with van der Waals surface area (Å²) in [6.07, 6.45) is 1.68. The van der Waals surface area contributed by atoms with Gasteiger partial charge in [-0.25, -0.2) is 4.98 Å². The molecule has 1 heterocycles. The first-order valence-corrected chi connectivity index (χ1v) is 7.75. The zero-order valence-electron chi connectivity index (χ0n) is 12.4. The summed E-state index contributed by atoms with van der Waals surface area (Å²) < 4.78 is 10.6. The number of aromatic nitrogens is 1. The van der Waals surface area contributed by atoms with Crippen LogP contribution >= 0.6 is 11.3 Å². The first kappa shape index (κ1) is 15.1. The van der Waals surface area contributed by atoms with Crippen LogP contribution in [0, 0.1) is 0 Å². The van der Waals surface area contributed by atoms with Gasteiger partial charge >= 0.3 is 0 Å². The van der Waals surface area contributed by atoms with Crippen molar-refractivity contribution >= 4 is 22.9 Å². The molecule has 0 aliphatic rings. The molecule has 6 heteroatoms. The van der Waals surface area contributed by atoms with Gasteiger partial charge < -0.3 is 14.8 Å². The van der Waals surface area contributed by atoms with E-state index in [0.29, 0.717) is 22.2 Å². The molecule has 0 spiro atoms. The smallest absolute Gasteiger partial charge is 0.278 e. The molecule has 3 rings (SSSR count). The van der Waals surface area contributed by atoms with E-state index in [-0.39, 0.29) is 5.91 Å². The van der Waals surface area contributed by atoms with Crippen LogP contribution in [0.25, 0.3) is 0 Å².